The normalized spacial score (nSPS) is 26.6. The molecule has 0 unspecified atom stereocenters. The number of nitrogens with zero attached hydrogens (tertiary/aromatic N) is 1. The van der Waals surface area contributed by atoms with Gasteiger partial charge in [0.05, 0.1) is 6.10 Å². The van der Waals surface area contributed by atoms with E-state index in [2.05, 4.69) is 0 Å². The summed E-state index contributed by atoms with van der Waals surface area (Å²) < 4.78 is 46.5. The molecule has 0 saturated carbocycles. The number of rotatable bonds is 2. The monoisotopic (exact) mass is 215 g/mol. The summed E-state index contributed by atoms with van der Waals surface area (Å²) in [6, 6.07) is 0. The van der Waals surface area contributed by atoms with Gasteiger partial charge in [0.15, 0.2) is 0 Å². The zero-order chi connectivity index (χ0) is 10.1. The van der Waals surface area contributed by atoms with Gasteiger partial charge in [-0.1, -0.05) is 0 Å². The van der Waals surface area contributed by atoms with Crippen molar-refractivity contribution >= 4 is 10.0 Å². The highest BCUT2D eigenvalue weighted by molar-refractivity contribution is 7.89. The summed E-state index contributed by atoms with van der Waals surface area (Å²) in [6.07, 6.45) is 0.0739. The summed E-state index contributed by atoms with van der Waals surface area (Å²) in [7, 11) is -4.49. The van der Waals surface area contributed by atoms with Crippen molar-refractivity contribution < 1.29 is 22.3 Å². The molecule has 0 bridgehead atoms. The molecule has 0 aromatic carbocycles. The van der Waals surface area contributed by atoms with Gasteiger partial charge < -0.3 is 5.11 Å². The Labute approximate surface area is 75.2 Å². The van der Waals surface area contributed by atoms with Gasteiger partial charge in [0.25, 0.3) is 10.0 Å². The first-order valence-corrected chi connectivity index (χ1v) is 5.40. The lowest BCUT2D eigenvalue weighted by Crippen LogP contribution is -2.44. The van der Waals surface area contributed by atoms with Gasteiger partial charge in [-0.3, -0.25) is 0 Å². The molecule has 7 heteroatoms. The number of β-amino-alcohol motifs (C(OH)–C–C–N with tert-alkyl or cyclic N) is 1. The maximum atomic E-state index is 12.0. The largest absolute Gasteiger partial charge is 0.392 e. The molecule has 1 heterocycles. The van der Waals surface area contributed by atoms with Crippen LogP contribution >= 0.6 is 0 Å². The van der Waals surface area contributed by atoms with Crippen LogP contribution in [0.2, 0.25) is 0 Å². The van der Waals surface area contributed by atoms with Gasteiger partial charge in [-0.25, -0.2) is 8.42 Å². The van der Waals surface area contributed by atoms with E-state index < -0.39 is 21.9 Å². The summed E-state index contributed by atoms with van der Waals surface area (Å²) in [4.78, 5) is 0. The third-order valence-electron chi connectivity index (χ3n) is 1.94. The van der Waals surface area contributed by atoms with Crippen LogP contribution in [-0.4, -0.2) is 42.8 Å². The minimum Gasteiger partial charge on any atom is -0.392 e. The van der Waals surface area contributed by atoms with Gasteiger partial charge in [0.2, 0.25) is 0 Å². The average Bonchev–Trinajstić information content (AvgIpc) is 2.04. The van der Waals surface area contributed by atoms with E-state index in [0.29, 0.717) is 17.1 Å². The van der Waals surface area contributed by atoms with Gasteiger partial charge in [0, 0.05) is 13.1 Å². The highest BCUT2D eigenvalue weighted by atomic mass is 32.2. The number of halogens is 2. The number of hydrogen-bond acceptors (Lipinski definition) is 3. The van der Waals surface area contributed by atoms with Gasteiger partial charge in [-0.2, -0.15) is 13.1 Å². The van der Waals surface area contributed by atoms with E-state index in [1.54, 1.807) is 0 Å². The molecule has 4 nitrogen and oxygen atoms in total. The van der Waals surface area contributed by atoms with E-state index in [1.807, 2.05) is 0 Å². The van der Waals surface area contributed by atoms with Gasteiger partial charge >= 0.3 is 5.76 Å². The molecular weight excluding hydrogens is 204 g/mol. The van der Waals surface area contributed by atoms with Crippen LogP contribution in [0.25, 0.3) is 0 Å². The predicted octanol–water partition coefficient (Wildman–Crippen LogP) is -0.00450. The van der Waals surface area contributed by atoms with Crippen molar-refractivity contribution in [3.63, 3.8) is 0 Å². The zero-order valence-corrected chi connectivity index (χ0v) is 7.67. The number of alkyl halides is 2. The van der Waals surface area contributed by atoms with Crippen molar-refractivity contribution in [3.05, 3.63) is 0 Å². The Morgan fingerprint density at radius 1 is 1.46 bits per heavy atom. The summed E-state index contributed by atoms with van der Waals surface area (Å²) in [6.45, 7) is -0.142. The molecule has 1 aliphatic heterocycles. The molecule has 1 N–H and O–H groups in total. The lowest BCUT2D eigenvalue weighted by atomic mass is 10.1. The van der Waals surface area contributed by atoms with Crippen LogP contribution in [0.4, 0.5) is 8.78 Å². The quantitative estimate of drug-likeness (QED) is 0.705. The molecule has 1 fully saturated rings. The second-order valence-corrected chi connectivity index (χ2v) is 4.86. The second kappa shape index (κ2) is 3.85. The molecule has 0 amide bonds. The molecule has 0 aromatic rings. The molecule has 78 valence electrons. The van der Waals surface area contributed by atoms with Crippen molar-refractivity contribution in [2.24, 2.45) is 0 Å². The summed E-state index contributed by atoms with van der Waals surface area (Å²) >= 11 is 0. The molecule has 1 atom stereocenters. The maximum absolute atomic E-state index is 12.0. The van der Waals surface area contributed by atoms with E-state index in [-0.39, 0.29) is 13.1 Å². The lowest BCUT2D eigenvalue weighted by Gasteiger charge is -2.28. The van der Waals surface area contributed by atoms with E-state index in [1.165, 1.54) is 0 Å². The highest BCUT2D eigenvalue weighted by Gasteiger charge is 2.34. The Kier molecular flexibility index (Phi) is 3.20. The van der Waals surface area contributed by atoms with Crippen LogP contribution < -0.4 is 0 Å². The SMILES string of the molecule is O=S(=O)(C(F)F)N1CCC[C@H](O)C1. The van der Waals surface area contributed by atoms with Crippen molar-refractivity contribution in [3.8, 4) is 0 Å². The number of sulfonamides is 1. The van der Waals surface area contributed by atoms with E-state index in [0.717, 1.165) is 0 Å². The van der Waals surface area contributed by atoms with Crippen LogP contribution in [0.1, 0.15) is 12.8 Å². The Balaban J connectivity index is 2.71. The van der Waals surface area contributed by atoms with Gasteiger partial charge in [-0.15, -0.1) is 0 Å². The lowest BCUT2D eigenvalue weighted by molar-refractivity contribution is 0.103. The topological polar surface area (TPSA) is 57.6 Å². The minimum atomic E-state index is -4.49. The van der Waals surface area contributed by atoms with Crippen LogP contribution in [0, 0.1) is 0 Å². The van der Waals surface area contributed by atoms with Crippen LogP contribution in [-0.2, 0) is 10.0 Å². The fourth-order valence-electron chi connectivity index (χ4n) is 1.26. The Morgan fingerprint density at radius 3 is 2.54 bits per heavy atom. The Hall–Kier alpha value is -0.270. The third kappa shape index (κ3) is 2.35. The highest BCUT2D eigenvalue weighted by Crippen LogP contribution is 2.18. The zero-order valence-electron chi connectivity index (χ0n) is 6.86. The molecule has 0 aromatic heterocycles. The fourth-order valence-corrected chi connectivity index (χ4v) is 2.25. The smallest absolute Gasteiger partial charge is 0.350 e. The number of piperidine rings is 1. The molecule has 1 saturated heterocycles. The van der Waals surface area contributed by atoms with Crippen LogP contribution in [0.3, 0.4) is 0 Å². The van der Waals surface area contributed by atoms with E-state index in [4.69, 9.17) is 5.11 Å². The first kappa shape index (κ1) is 10.8. The minimum absolute atomic E-state index is 0.0731. The Morgan fingerprint density at radius 2 is 2.08 bits per heavy atom. The molecule has 1 aliphatic rings. The third-order valence-corrected chi connectivity index (χ3v) is 3.45. The number of hydrogen-bond donors (Lipinski definition) is 1. The Bertz CT molecular complexity index is 267. The molecular formula is C6H11F2NO3S. The first-order valence-electron chi connectivity index (χ1n) is 3.90. The van der Waals surface area contributed by atoms with Crippen molar-refractivity contribution in [2.75, 3.05) is 13.1 Å². The number of aliphatic hydroxyl groups is 1. The van der Waals surface area contributed by atoms with Crippen LogP contribution in [0.15, 0.2) is 0 Å². The predicted molar refractivity (Wildman–Crippen MR) is 41.7 cm³/mol. The van der Waals surface area contributed by atoms with Crippen LogP contribution in [0.5, 0.6) is 0 Å². The van der Waals surface area contributed by atoms with Gasteiger partial charge in [-0.05, 0) is 12.8 Å². The standard InChI is InChI=1S/C6H11F2NO3S/c7-6(8)13(11,12)9-3-1-2-5(10)4-9/h5-6,10H,1-4H2/t5-/m0/s1. The molecule has 0 spiro atoms. The first-order chi connectivity index (χ1) is 5.94. The molecule has 1 rings (SSSR count). The summed E-state index contributed by atoms with van der Waals surface area (Å²) in [5, 5.41) is 9.07. The average molecular weight is 215 g/mol. The summed E-state index contributed by atoms with van der Waals surface area (Å²) in [5.41, 5.74) is 0. The number of aliphatic hydroxyl groups excluding tert-OH is 1. The van der Waals surface area contributed by atoms with Gasteiger partial charge in [0.1, 0.15) is 0 Å². The molecule has 0 radical (unpaired) electrons. The fraction of sp³-hybridized carbons (Fsp3) is 1.00. The van der Waals surface area contributed by atoms with Crippen molar-refractivity contribution in [1.29, 1.82) is 0 Å². The van der Waals surface area contributed by atoms with E-state index >= 15 is 0 Å². The molecule has 0 aliphatic carbocycles. The summed E-state index contributed by atoms with van der Waals surface area (Å²) in [5.74, 6) is -3.39. The molecule has 13 heavy (non-hydrogen) atoms. The maximum Gasteiger partial charge on any atom is 0.350 e. The second-order valence-electron chi connectivity index (χ2n) is 2.96. The van der Waals surface area contributed by atoms with Crippen molar-refractivity contribution in [1.82, 2.24) is 4.31 Å². The van der Waals surface area contributed by atoms with Crippen molar-refractivity contribution in [2.45, 2.75) is 24.7 Å². The van der Waals surface area contributed by atoms with E-state index in [9.17, 15) is 17.2 Å².